The molecule has 0 bridgehead atoms. The SMILES string of the molecule is COc1ccc(CNC(=O)N2CCO[C@H](c3ccccc3)C2)cc1OC. The van der Waals surface area contributed by atoms with E-state index in [2.05, 4.69) is 5.32 Å². The Labute approximate surface area is 153 Å². The molecular weight excluding hydrogens is 332 g/mol. The zero-order valence-corrected chi connectivity index (χ0v) is 15.1. The van der Waals surface area contributed by atoms with E-state index in [0.29, 0.717) is 37.7 Å². The molecule has 2 aromatic carbocycles. The standard InChI is InChI=1S/C20H24N2O4/c1-24-17-9-8-15(12-18(17)25-2)13-21-20(23)22-10-11-26-19(14-22)16-6-4-3-5-7-16/h3-9,12,19H,10-11,13-14H2,1-2H3,(H,21,23)/t19-/m0/s1. The fraction of sp³-hybridized carbons (Fsp3) is 0.350. The molecule has 1 aliphatic rings. The van der Waals surface area contributed by atoms with Crippen molar-refractivity contribution < 1.29 is 19.0 Å². The molecule has 0 aliphatic carbocycles. The van der Waals surface area contributed by atoms with Crippen molar-refractivity contribution in [3.63, 3.8) is 0 Å². The molecule has 1 saturated heterocycles. The minimum absolute atomic E-state index is 0.0863. The predicted molar refractivity (Wildman–Crippen MR) is 98.5 cm³/mol. The van der Waals surface area contributed by atoms with Gasteiger partial charge in [0.2, 0.25) is 0 Å². The normalized spacial score (nSPS) is 16.8. The van der Waals surface area contributed by atoms with Crippen LogP contribution in [0.1, 0.15) is 17.2 Å². The molecule has 6 nitrogen and oxygen atoms in total. The minimum Gasteiger partial charge on any atom is -0.493 e. The lowest BCUT2D eigenvalue weighted by Gasteiger charge is -2.33. The van der Waals surface area contributed by atoms with Gasteiger partial charge in [0.1, 0.15) is 6.10 Å². The van der Waals surface area contributed by atoms with Crippen LogP contribution in [0.3, 0.4) is 0 Å². The van der Waals surface area contributed by atoms with Gasteiger partial charge in [0.15, 0.2) is 11.5 Å². The number of morpholine rings is 1. The number of carbonyl (C=O) groups is 1. The van der Waals surface area contributed by atoms with E-state index in [0.717, 1.165) is 11.1 Å². The number of carbonyl (C=O) groups excluding carboxylic acids is 1. The lowest BCUT2D eigenvalue weighted by atomic mass is 10.1. The van der Waals surface area contributed by atoms with Gasteiger partial charge < -0.3 is 24.4 Å². The molecule has 1 heterocycles. The minimum atomic E-state index is -0.0935. The van der Waals surface area contributed by atoms with Crippen molar-refractivity contribution in [2.45, 2.75) is 12.6 Å². The highest BCUT2D eigenvalue weighted by Crippen LogP contribution is 2.27. The summed E-state index contributed by atoms with van der Waals surface area (Å²) in [5.41, 5.74) is 2.04. The molecule has 0 unspecified atom stereocenters. The summed E-state index contributed by atoms with van der Waals surface area (Å²) in [5, 5.41) is 2.96. The Morgan fingerprint density at radius 2 is 1.92 bits per heavy atom. The van der Waals surface area contributed by atoms with Gasteiger partial charge in [-0.3, -0.25) is 0 Å². The first-order valence-electron chi connectivity index (χ1n) is 8.61. The Balaban J connectivity index is 1.58. The number of rotatable bonds is 5. The van der Waals surface area contributed by atoms with Gasteiger partial charge in [-0.1, -0.05) is 36.4 Å². The molecule has 0 spiro atoms. The summed E-state index contributed by atoms with van der Waals surface area (Å²) >= 11 is 0. The second-order valence-corrected chi connectivity index (χ2v) is 6.06. The van der Waals surface area contributed by atoms with E-state index in [1.807, 2.05) is 48.5 Å². The zero-order chi connectivity index (χ0) is 18.4. The molecular formula is C20H24N2O4. The maximum Gasteiger partial charge on any atom is 0.317 e. The number of methoxy groups -OCH3 is 2. The largest absolute Gasteiger partial charge is 0.493 e. The topological polar surface area (TPSA) is 60.0 Å². The van der Waals surface area contributed by atoms with E-state index in [9.17, 15) is 4.79 Å². The van der Waals surface area contributed by atoms with Crippen molar-refractivity contribution in [2.75, 3.05) is 33.9 Å². The first-order chi connectivity index (χ1) is 12.7. The highest BCUT2D eigenvalue weighted by Gasteiger charge is 2.25. The quantitative estimate of drug-likeness (QED) is 0.895. The van der Waals surface area contributed by atoms with Crippen molar-refractivity contribution in [2.24, 2.45) is 0 Å². The number of benzene rings is 2. The van der Waals surface area contributed by atoms with Crippen molar-refractivity contribution in [3.05, 3.63) is 59.7 Å². The molecule has 26 heavy (non-hydrogen) atoms. The third kappa shape index (κ3) is 4.26. The maximum absolute atomic E-state index is 12.5. The Bertz CT molecular complexity index is 736. The van der Waals surface area contributed by atoms with Gasteiger partial charge in [-0.25, -0.2) is 4.79 Å². The molecule has 0 radical (unpaired) electrons. The molecule has 1 fully saturated rings. The number of amides is 2. The molecule has 1 atom stereocenters. The van der Waals surface area contributed by atoms with Gasteiger partial charge in [-0.15, -0.1) is 0 Å². The molecule has 1 aliphatic heterocycles. The Morgan fingerprint density at radius 1 is 1.15 bits per heavy atom. The van der Waals surface area contributed by atoms with Crippen LogP contribution in [0.15, 0.2) is 48.5 Å². The molecule has 2 aromatic rings. The van der Waals surface area contributed by atoms with Crippen LogP contribution in [0.5, 0.6) is 11.5 Å². The van der Waals surface area contributed by atoms with Crippen LogP contribution in [0.4, 0.5) is 4.79 Å². The zero-order valence-electron chi connectivity index (χ0n) is 15.1. The molecule has 6 heteroatoms. The average Bonchev–Trinajstić information content (AvgIpc) is 2.72. The molecule has 0 aromatic heterocycles. The summed E-state index contributed by atoms with van der Waals surface area (Å²) in [4.78, 5) is 14.3. The van der Waals surface area contributed by atoms with Gasteiger partial charge in [0.05, 0.1) is 27.4 Å². The van der Waals surface area contributed by atoms with E-state index < -0.39 is 0 Å². The fourth-order valence-corrected chi connectivity index (χ4v) is 2.98. The fourth-order valence-electron chi connectivity index (χ4n) is 2.98. The van der Waals surface area contributed by atoms with Crippen LogP contribution in [0, 0.1) is 0 Å². The van der Waals surface area contributed by atoms with Gasteiger partial charge >= 0.3 is 6.03 Å². The number of nitrogens with one attached hydrogen (secondary N) is 1. The van der Waals surface area contributed by atoms with Gasteiger partial charge in [0.25, 0.3) is 0 Å². The molecule has 2 amide bonds. The lowest BCUT2D eigenvalue weighted by molar-refractivity contribution is -0.0154. The summed E-state index contributed by atoms with van der Waals surface area (Å²) in [5.74, 6) is 1.32. The van der Waals surface area contributed by atoms with Crippen LogP contribution >= 0.6 is 0 Å². The van der Waals surface area contributed by atoms with Gasteiger partial charge in [-0.2, -0.15) is 0 Å². The van der Waals surface area contributed by atoms with Crippen molar-refractivity contribution in [1.29, 1.82) is 0 Å². The van der Waals surface area contributed by atoms with Crippen LogP contribution in [0.25, 0.3) is 0 Å². The number of hydrogen-bond acceptors (Lipinski definition) is 4. The summed E-state index contributed by atoms with van der Waals surface area (Å²) in [6.07, 6.45) is -0.0863. The summed E-state index contributed by atoms with van der Waals surface area (Å²) in [6.45, 7) is 2.08. The Morgan fingerprint density at radius 3 is 2.65 bits per heavy atom. The highest BCUT2D eigenvalue weighted by atomic mass is 16.5. The van der Waals surface area contributed by atoms with Crippen molar-refractivity contribution in [1.82, 2.24) is 10.2 Å². The van der Waals surface area contributed by atoms with Crippen LogP contribution in [0.2, 0.25) is 0 Å². The first-order valence-corrected chi connectivity index (χ1v) is 8.61. The van der Waals surface area contributed by atoms with E-state index in [1.54, 1.807) is 19.1 Å². The van der Waals surface area contributed by atoms with Gasteiger partial charge in [-0.05, 0) is 23.3 Å². The van der Waals surface area contributed by atoms with Crippen LogP contribution < -0.4 is 14.8 Å². The Kier molecular flexibility index (Phi) is 5.96. The van der Waals surface area contributed by atoms with Crippen molar-refractivity contribution in [3.8, 4) is 11.5 Å². The second-order valence-electron chi connectivity index (χ2n) is 6.06. The van der Waals surface area contributed by atoms with E-state index in [-0.39, 0.29) is 12.1 Å². The third-order valence-corrected chi connectivity index (χ3v) is 4.42. The molecule has 3 rings (SSSR count). The van der Waals surface area contributed by atoms with Crippen molar-refractivity contribution >= 4 is 6.03 Å². The second kappa shape index (κ2) is 8.58. The number of hydrogen-bond donors (Lipinski definition) is 1. The van der Waals surface area contributed by atoms with E-state index in [4.69, 9.17) is 14.2 Å². The van der Waals surface area contributed by atoms with E-state index in [1.165, 1.54) is 0 Å². The number of urea groups is 1. The maximum atomic E-state index is 12.5. The Hall–Kier alpha value is -2.73. The summed E-state index contributed by atoms with van der Waals surface area (Å²) in [7, 11) is 3.19. The van der Waals surface area contributed by atoms with Crippen LogP contribution in [-0.4, -0.2) is 44.8 Å². The molecule has 0 saturated carbocycles. The first kappa shape index (κ1) is 18.1. The summed E-state index contributed by atoms with van der Waals surface area (Å²) < 4.78 is 16.3. The number of nitrogens with zero attached hydrogens (tertiary/aromatic N) is 1. The van der Waals surface area contributed by atoms with Crippen LogP contribution in [-0.2, 0) is 11.3 Å². The molecule has 138 valence electrons. The van der Waals surface area contributed by atoms with E-state index >= 15 is 0 Å². The lowest BCUT2D eigenvalue weighted by Crippen LogP contribution is -2.46. The number of ether oxygens (including phenoxy) is 3. The van der Waals surface area contributed by atoms with Gasteiger partial charge in [0, 0.05) is 13.1 Å². The monoisotopic (exact) mass is 356 g/mol. The summed E-state index contributed by atoms with van der Waals surface area (Å²) in [6, 6.07) is 15.5. The smallest absolute Gasteiger partial charge is 0.317 e. The average molecular weight is 356 g/mol. The third-order valence-electron chi connectivity index (χ3n) is 4.42. The highest BCUT2D eigenvalue weighted by molar-refractivity contribution is 5.74. The molecule has 1 N–H and O–H groups in total. The predicted octanol–water partition coefficient (Wildman–Crippen LogP) is 2.99.